The Bertz CT molecular complexity index is 548. The summed E-state index contributed by atoms with van der Waals surface area (Å²) in [7, 11) is 0. The molecular formula is C18H36N6O4. The molecule has 0 saturated heterocycles. The van der Waals surface area contributed by atoms with Gasteiger partial charge in [-0.2, -0.15) is 0 Å². The van der Waals surface area contributed by atoms with Crippen molar-refractivity contribution in [1.29, 1.82) is 0 Å². The van der Waals surface area contributed by atoms with E-state index in [0.29, 0.717) is 19.3 Å². The van der Waals surface area contributed by atoms with Gasteiger partial charge >= 0.3 is 5.97 Å². The van der Waals surface area contributed by atoms with E-state index < -0.39 is 35.9 Å². The SMILES string of the molecule is CCC(C)C(NC(=O)C(CCCN=C(N)N)NC(=O)C(N)CC(C)C)C(=O)O. The van der Waals surface area contributed by atoms with Gasteiger partial charge in [0.05, 0.1) is 6.04 Å². The molecule has 0 saturated carbocycles. The largest absolute Gasteiger partial charge is 0.480 e. The van der Waals surface area contributed by atoms with Crippen molar-refractivity contribution in [2.75, 3.05) is 6.54 Å². The number of guanidine groups is 1. The quantitative estimate of drug-likeness (QED) is 0.137. The highest BCUT2D eigenvalue weighted by atomic mass is 16.4. The fourth-order valence-electron chi connectivity index (χ4n) is 2.60. The van der Waals surface area contributed by atoms with Crippen LogP contribution in [-0.4, -0.2) is 53.5 Å². The van der Waals surface area contributed by atoms with Gasteiger partial charge in [0.2, 0.25) is 11.8 Å². The van der Waals surface area contributed by atoms with Crippen molar-refractivity contribution >= 4 is 23.7 Å². The molecule has 4 unspecified atom stereocenters. The standard InChI is InChI=1S/C18H36N6O4/c1-5-11(4)14(17(27)28)24-16(26)13(7-6-8-22-18(20)21)23-15(25)12(19)9-10(2)3/h10-14H,5-9,19H2,1-4H3,(H,23,25)(H,24,26)(H,27,28)(H4,20,21,22). The van der Waals surface area contributed by atoms with Gasteiger partial charge in [-0.1, -0.05) is 34.1 Å². The summed E-state index contributed by atoms with van der Waals surface area (Å²) in [6, 6.07) is -2.72. The first kappa shape index (κ1) is 25.6. The minimum Gasteiger partial charge on any atom is -0.480 e. The fraction of sp³-hybridized carbons (Fsp3) is 0.778. The first-order valence-electron chi connectivity index (χ1n) is 9.64. The lowest BCUT2D eigenvalue weighted by Crippen LogP contribution is -2.55. The summed E-state index contributed by atoms with van der Waals surface area (Å²) in [6.07, 6.45) is 1.73. The number of hydrogen-bond donors (Lipinski definition) is 6. The topological polar surface area (TPSA) is 186 Å². The Morgan fingerprint density at radius 1 is 1.07 bits per heavy atom. The van der Waals surface area contributed by atoms with E-state index in [1.54, 1.807) is 6.92 Å². The number of carbonyl (C=O) groups is 3. The van der Waals surface area contributed by atoms with Crippen LogP contribution in [0.15, 0.2) is 4.99 Å². The number of aliphatic carboxylic acids is 1. The van der Waals surface area contributed by atoms with Crippen molar-refractivity contribution in [2.45, 2.75) is 71.5 Å². The second kappa shape index (κ2) is 12.9. The van der Waals surface area contributed by atoms with Crippen LogP contribution in [0.1, 0.15) is 53.4 Å². The summed E-state index contributed by atoms with van der Waals surface area (Å²) in [5, 5.41) is 14.5. The van der Waals surface area contributed by atoms with E-state index in [-0.39, 0.29) is 30.8 Å². The number of nitrogens with one attached hydrogen (secondary N) is 2. The summed E-state index contributed by atoms with van der Waals surface area (Å²) in [5.41, 5.74) is 16.4. The Kier molecular flexibility index (Phi) is 11.8. The smallest absolute Gasteiger partial charge is 0.326 e. The molecule has 0 spiro atoms. The van der Waals surface area contributed by atoms with Gasteiger partial charge in [0.25, 0.3) is 0 Å². The van der Waals surface area contributed by atoms with Crippen molar-refractivity contribution in [3.63, 3.8) is 0 Å². The normalized spacial score (nSPS) is 15.2. The molecule has 0 rings (SSSR count). The molecule has 10 heteroatoms. The molecule has 0 fully saturated rings. The molecule has 9 N–H and O–H groups in total. The van der Waals surface area contributed by atoms with Gasteiger partial charge in [-0.3, -0.25) is 14.6 Å². The van der Waals surface area contributed by atoms with Crippen molar-refractivity contribution in [1.82, 2.24) is 10.6 Å². The zero-order valence-corrected chi connectivity index (χ0v) is 17.3. The highest BCUT2D eigenvalue weighted by Gasteiger charge is 2.30. The maximum Gasteiger partial charge on any atom is 0.326 e. The van der Waals surface area contributed by atoms with E-state index in [9.17, 15) is 19.5 Å². The van der Waals surface area contributed by atoms with Gasteiger partial charge < -0.3 is 32.9 Å². The van der Waals surface area contributed by atoms with Gasteiger partial charge in [-0.05, 0) is 31.1 Å². The third kappa shape index (κ3) is 10.1. The number of amides is 2. The number of hydrogen-bond acceptors (Lipinski definition) is 5. The molecule has 4 atom stereocenters. The molecule has 2 amide bonds. The first-order chi connectivity index (χ1) is 13.0. The summed E-state index contributed by atoms with van der Waals surface area (Å²) < 4.78 is 0. The van der Waals surface area contributed by atoms with E-state index in [1.807, 2.05) is 20.8 Å². The molecular weight excluding hydrogens is 364 g/mol. The van der Waals surface area contributed by atoms with Crippen LogP contribution in [0.2, 0.25) is 0 Å². The van der Waals surface area contributed by atoms with Gasteiger partial charge in [0, 0.05) is 6.54 Å². The molecule has 28 heavy (non-hydrogen) atoms. The Hall–Kier alpha value is -2.36. The van der Waals surface area contributed by atoms with Gasteiger partial charge in [-0.15, -0.1) is 0 Å². The van der Waals surface area contributed by atoms with Crippen LogP contribution < -0.4 is 27.8 Å². The maximum absolute atomic E-state index is 12.7. The van der Waals surface area contributed by atoms with Crippen LogP contribution in [0.5, 0.6) is 0 Å². The molecule has 10 nitrogen and oxygen atoms in total. The van der Waals surface area contributed by atoms with Gasteiger partial charge in [0.1, 0.15) is 12.1 Å². The van der Waals surface area contributed by atoms with Gasteiger partial charge in [-0.25, -0.2) is 4.79 Å². The molecule has 162 valence electrons. The number of carboxylic acids is 1. The Balaban J connectivity index is 5.17. The third-order valence-electron chi connectivity index (χ3n) is 4.42. The predicted octanol–water partition coefficient (Wildman–Crippen LogP) is -0.486. The lowest BCUT2D eigenvalue weighted by molar-refractivity contribution is -0.143. The van der Waals surface area contributed by atoms with Crippen molar-refractivity contribution < 1.29 is 19.5 Å². The molecule has 0 aromatic heterocycles. The maximum atomic E-state index is 12.7. The summed E-state index contributed by atoms with van der Waals surface area (Å²) in [6.45, 7) is 7.75. The second-order valence-electron chi connectivity index (χ2n) is 7.46. The molecule has 0 bridgehead atoms. The van der Waals surface area contributed by atoms with E-state index in [0.717, 1.165) is 0 Å². The van der Waals surface area contributed by atoms with Crippen LogP contribution in [0, 0.1) is 11.8 Å². The van der Waals surface area contributed by atoms with Crippen molar-refractivity contribution in [3.05, 3.63) is 0 Å². The summed E-state index contributed by atoms with van der Waals surface area (Å²) in [4.78, 5) is 40.3. The zero-order valence-electron chi connectivity index (χ0n) is 17.3. The van der Waals surface area contributed by atoms with E-state index >= 15 is 0 Å². The summed E-state index contributed by atoms with van der Waals surface area (Å²) in [5.74, 6) is -2.25. The van der Waals surface area contributed by atoms with E-state index in [4.69, 9.17) is 17.2 Å². The minimum atomic E-state index is -1.12. The number of nitrogens with zero attached hydrogens (tertiary/aromatic N) is 1. The molecule has 0 aromatic rings. The third-order valence-corrected chi connectivity index (χ3v) is 4.42. The number of carbonyl (C=O) groups excluding carboxylic acids is 2. The van der Waals surface area contributed by atoms with E-state index in [2.05, 4.69) is 15.6 Å². The Morgan fingerprint density at radius 2 is 1.68 bits per heavy atom. The second-order valence-corrected chi connectivity index (χ2v) is 7.46. The van der Waals surface area contributed by atoms with Crippen molar-refractivity contribution in [2.24, 2.45) is 34.0 Å². The van der Waals surface area contributed by atoms with E-state index in [1.165, 1.54) is 0 Å². The monoisotopic (exact) mass is 400 g/mol. The zero-order chi connectivity index (χ0) is 21.9. The average molecular weight is 401 g/mol. The average Bonchev–Trinajstić information content (AvgIpc) is 2.59. The lowest BCUT2D eigenvalue weighted by Gasteiger charge is -2.25. The number of carboxylic acid groups (broad SMARTS) is 1. The molecule has 0 radical (unpaired) electrons. The van der Waals surface area contributed by atoms with Crippen LogP contribution in [0.25, 0.3) is 0 Å². The summed E-state index contributed by atoms with van der Waals surface area (Å²) >= 11 is 0. The fourth-order valence-corrected chi connectivity index (χ4v) is 2.60. The predicted molar refractivity (Wildman–Crippen MR) is 108 cm³/mol. The van der Waals surface area contributed by atoms with Crippen LogP contribution in [0.3, 0.4) is 0 Å². The van der Waals surface area contributed by atoms with Crippen LogP contribution in [0.4, 0.5) is 0 Å². The highest BCUT2D eigenvalue weighted by molar-refractivity contribution is 5.91. The Labute approximate surface area is 166 Å². The minimum absolute atomic E-state index is 0.0632. The molecule has 0 aromatic carbocycles. The molecule has 0 aliphatic carbocycles. The lowest BCUT2D eigenvalue weighted by atomic mass is 9.98. The number of nitrogens with two attached hydrogens (primary N) is 3. The molecule has 0 heterocycles. The number of aliphatic imine (C=N–C) groups is 1. The van der Waals surface area contributed by atoms with Gasteiger partial charge in [0.15, 0.2) is 5.96 Å². The highest BCUT2D eigenvalue weighted by Crippen LogP contribution is 2.10. The molecule has 0 aliphatic heterocycles. The van der Waals surface area contributed by atoms with Crippen molar-refractivity contribution in [3.8, 4) is 0 Å². The number of rotatable bonds is 13. The molecule has 0 aliphatic rings. The Morgan fingerprint density at radius 3 is 2.14 bits per heavy atom. The van der Waals surface area contributed by atoms with Crippen LogP contribution in [-0.2, 0) is 14.4 Å². The van der Waals surface area contributed by atoms with Crippen LogP contribution >= 0.6 is 0 Å². The first-order valence-corrected chi connectivity index (χ1v) is 9.64.